The molecule has 1 aliphatic rings. The number of hydrogen-bond acceptors (Lipinski definition) is 4. The first kappa shape index (κ1) is 19.3. The molecule has 0 saturated carbocycles. The largest absolute Gasteiger partial charge is 0.466 e. The summed E-state index contributed by atoms with van der Waals surface area (Å²) in [5, 5.41) is 0.631. The molecule has 1 fully saturated rings. The molecular formula is C22H22ClNO3. The van der Waals surface area contributed by atoms with E-state index >= 15 is 0 Å². The molecule has 0 radical (unpaired) electrons. The maximum atomic E-state index is 12.6. The van der Waals surface area contributed by atoms with Gasteiger partial charge in [0.2, 0.25) is 0 Å². The predicted molar refractivity (Wildman–Crippen MR) is 107 cm³/mol. The number of esters is 1. The van der Waals surface area contributed by atoms with Crippen molar-refractivity contribution in [3.8, 4) is 0 Å². The van der Waals surface area contributed by atoms with Crippen LogP contribution in [0.3, 0.4) is 0 Å². The zero-order valence-corrected chi connectivity index (χ0v) is 16.0. The lowest BCUT2D eigenvalue weighted by atomic mass is 10.0. The number of nitrogens with zero attached hydrogens (tertiary/aromatic N) is 1. The average Bonchev–Trinajstić information content (AvgIpc) is 3.15. The molecule has 140 valence electrons. The topological polar surface area (TPSA) is 46.6 Å². The van der Waals surface area contributed by atoms with Gasteiger partial charge in [-0.15, -0.1) is 0 Å². The van der Waals surface area contributed by atoms with Crippen molar-refractivity contribution in [1.82, 2.24) is 4.90 Å². The Morgan fingerprint density at radius 1 is 1.15 bits per heavy atom. The van der Waals surface area contributed by atoms with Gasteiger partial charge in [0.25, 0.3) is 0 Å². The third-order valence-electron chi connectivity index (χ3n) is 4.81. The fraction of sp³-hybridized carbons (Fsp3) is 0.273. The number of hydrogen-bond donors (Lipinski definition) is 0. The minimum absolute atomic E-state index is 0.108. The Balaban J connectivity index is 1.67. The van der Waals surface area contributed by atoms with Crippen LogP contribution in [0.4, 0.5) is 0 Å². The van der Waals surface area contributed by atoms with E-state index < -0.39 is 0 Å². The Hall–Kier alpha value is -2.43. The number of carbonyl (C=O) groups is 2. The third kappa shape index (κ3) is 5.06. The minimum Gasteiger partial charge on any atom is -0.466 e. The van der Waals surface area contributed by atoms with E-state index in [0.29, 0.717) is 17.1 Å². The summed E-state index contributed by atoms with van der Waals surface area (Å²) in [6.45, 7) is 1.31. The van der Waals surface area contributed by atoms with E-state index in [9.17, 15) is 9.59 Å². The molecule has 27 heavy (non-hydrogen) atoms. The highest BCUT2D eigenvalue weighted by atomic mass is 35.5. The number of rotatable bonds is 6. The second-order valence-electron chi connectivity index (χ2n) is 6.58. The van der Waals surface area contributed by atoms with Crippen molar-refractivity contribution in [3.05, 3.63) is 76.3 Å². The number of ether oxygens (including phenoxy) is 1. The molecule has 0 N–H and O–H groups in total. The standard InChI is InChI=1S/C22H22ClNO3/c1-27-22(26)13-6-16-4-7-17(8-5-16)20-3-2-14-24(20)15-21(25)18-9-11-19(23)12-10-18/h4-13,20H,2-3,14-15H2,1H3/t20-/m0/s1. The van der Waals surface area contributed by atoms with Crippen LogP contribution >= 0.6 is 11.6 Å². The molecule has 1 heterocycles. The van der Waals surface area contributed by atoms with E-state index in [1.54, 1.807) is 30.3 Å². The van der Waals surface area contributed by atoms with Crippen molar-refractivity contribution in [3.63, 3.8) is 0 Å². The van der Waals surface area contributed by atoms with Crippen LogP contribution in [0.15, 0.2) is 54.6 Å². The molecule has 2 aromatic carbocycles. The summed E-state index contributed by atoms with van der Waals surface area (Å²) in [6.07, 6.45) is 5.24. The first-order valence-electron chi connectivity index (χ1n) is 8.95. The zero-order chi connectivity index (χ0) is 19.2. The van der Waals surface area contributed by atoms with Gasteiger partial charge in [0, 0.05) is 22.7 Å². The molecule has 0 aliphatic carbocycles. The first-order chi connectivity index (χ1) is 13.1. The fourth-order valence-corrected chi connectivity index (χ4v) is 3.49. The number of Topliss-reactive ketones (excluding diaryl/α,β-unsaturated/α-hetero) is 1. The monoisotopic (exact) mass is 383 g/mol. The SMILES string of the molecule is COC(=O)C=Cc1ccc([C@@H]2CCCN2CC(=O)c2ccc(Cl)cc2)cc1. The molecule has 1 aliphatic heterocycles. The predicted octanol–water partition coefficient (Wildman–Crippen LogP) is 4.55. The van der Waals surface area contributed by atoms with Gasteiger partial charge in [-0.25, -0.2) is 4.79 Å². The zero-order valence-electron chi connectivity index (χ0n) is 15.2. The molecule has 4 nitrogen and oxygen atoms in total. The van der Waals surface area contributed by atoms with Crippen LogP contribution in [0.1, 0.15) is 40.4 Å². The normalized spacial score (nSPS) is 17.3. The molecule has 1 saturated heterocycles. The minimum atomic E-state index is -0.373. The molecule has 0 bridgehead atoms. The Morgan fingerprint density at radius 2 is 1.85 bits per heavy atom. The Morgan fingerprint density at radius 3 is 2.52 bits per heavy atom. The molecule has 5 heteroatoms. The summed E-state index contributed by atoms with van der Waals surface area (Å²) in [4.78, 5) is 26.0. The maximum Gasteiger partial charge on any atom is 0.330 e. The van der Waals surface area contributed by atoms with E-state index in [1.807, 2.05) is 12.1 Å². The van der Waals surface area contributed by atoms with Crippen LogP contribution < -0.4 is 0 Å². The summed E-state index contributed by atoms with van der Waals surface area (Å²) >= 11 is 5.90. The van der Waals surface area contributed by atoms with E-state index in [4.69, 9.17) is 11.6 Å². The lowest BCUT2D eigenvalue weighted by Gasteiger charge is -2.24. The molecule has 0 unspecified atom stereocenters. The highest BCUT2D eigenvalue weighted by Gasteiger charge is 2.27. The quantitative estimate of drug-likeness (QED) is 0.417. The maximum absolute atomic E-state index is 12.6. The van der Waals surface area contributed by atoms with Gasteiger partial charge in [-0.3, -0.25) is 9.69 Å². The number of ketones is 1. The van der Waals surface area contributed by atoms with Crippen LogP contribution in [-0.4, -0.2) is 36.9 Å². The number of likely N-dealkylation sites (tertiary alicyclic amines) is 1. The van der Waals surface area contributed by atoms with E-state index in [1.165, 1.54) is 18.7 Å². The van der Waals surface area contributed by atoms with Gasteiger partial charge in [0.1, 0.15) is 0 Å². The Labute approximate surface area is 164 Å². The van der Waals surface area contributed by atoms with E-state index in [0.717, 1.165) is 24.9 Å². The van der Waals surface area contributed by atoms with Gasteiger partial charge in [-0.05, 0) is 60.9 Å². The third-order valence-corrected chi connectivity index (χ3v) is 5.06. The van der Waals surface area contributed by atoms with Crippen molar-refractivity contribution in [1.29, 1.82) is 0 Å². The molecule has 3 rings (SSSR count). The highest BCUT2D eigenvalue weighted by molar-refractivity contribution is 6.30. The summed E-state index contributed by atoms with van der Waals surface area (Å²) in [5.74, 6) is -0.266. The van der Waals surface area contributed by atoms with Crippen LogP contribution in [0.25, 0.3) is 6.08 Å². The molecule has 0 amide bonds. The van der Waals surface area contributed by atoms with Crippen LogP contribution in [-0.2, 0) is 9.53 Å². The molecular weight excluding hydrogens is 362 g/mol. The number of benzene rings is 2. The van der Waals surface area contributed by atoms with Crippen molar-refractivity contribution in [2.45, 2.75) is 18.9 Å². The van der Waals surface area contributed by atoms with Gasteiger partial charge < -0.3 is 4.74 Å². The lowest BCUT2D eigenvalue weighted by Crippen LogP contribution is -2.29. The van der Waals surface area contributed by atoms with Gasteiger partial charge >= 0.3 is 5.97 Å². The molecule has 2 aromatic rings. The van der Waals surface area contributed by atoms with Crippen molar-refractivity contribution >= 4 is 29.4 Å². The summed E-state index contributed by atoms with van der Waals surface area (Å²) in [5.41, 5.74) is 2.81. The average molecular weight is 384 g/mol. The fourth-order valence-electron chi connectivity index (χ4n) is 3.37. The second kappa shape index (κ2) is 8.98. The van der Waals surface area contributed by atoms with Gasteiger partial charge in [-0.2, -0.15) is 0 Å². The first-order valence-corrected chi connectivity index (χ1v) is 9.33. The summed E-state index contributed by atoms with van der Waals surface area (Å²) < 4.78 is 4.60. The van der Waals surface area contributed by atoms with Crippen LogP contribution in [0.2, 0.25) is 5.02 Å². The van der Waals surface area contributed by atoms with Crippen LogP contribution in [0.5, 0.6) is 0 Å². The van der Waals surface area contributed by atoms with Gasteiger partial charge in [0.15, 0.2) is 5.78 Å². The van der Waals surface area contributed by atoms with Crippen molar-refractivity contribution in [2.24, 2.45) is 0 Å². The van der Waals surface area contributed by atoms with Crippen molar-refractivity contribution in [2.75, 3.05) is 20.2 Å². The number of methoxy groups -OCH3 is 1. The van der Waals surface area contributed by atoms with Crippen LogP contribution in [0, 0.1) is 0 Å². The second-order valence-corrected chi connectivity index (χ2v) is 7.02. The van der Waals surface area contributed by atoms with Gasteiger partial charge in [-0.1, -0.05) is 35.9 Å². The lowest BCUT2D eigenvalue weighted by molar-refractivity contribution is -0.134. The molecule has 0 spiro atoms. The Kier molecular flexibility index (Phi) is 6.43. The van der Waals surface area contributed by atoms with E-state index in [-0.39, 0.29) is 17.8 Å². The Bertz CT molecular complexity index is 828. The summed E-state index contributed by atoms with van der Waals surface area (Å²) in [6, 6.07) is 15.4. The number of carbonyl (C=O) groups excluding carboxylic acids is 2. The smallest absolute Gasteiger partial charge is 0.330 e. The molecule has 1 atom stereocenters. The van der Waals surface area contributed by atoms with E-state index in [2.05, 4.69) is 21.8 Å². The highest BCUT2D eigenvalue weighted by Crippen LogP contribution is 2.32. The summed E-state index contributed by atoms with van der Waals surface area (Å²) in [7, 11) is 1.36. The number of halogens is 1. The molecule has 0 aromatic heterocycles. The van der Waals surface area contributed by atoms with Crippen molar-refractivity contribution < 1.29 is 14.3 Å². The van der Waals surface area contributed by atoms with Gasteiger partial charge in [0.05, 0.1) is 13.7 Å².